The van der Waals surface area contributed by atoms with Crippen molar-refractivity contribution >= 4 is 35.2 Å². The Labute approximate surface area is 122 Å². The number of rotatable bonds is 5. The van der Waals surface area contributed by atoms with Crippen molar-refractivity contribution in [2.45, 2.75) is 19.4 Å². The van der Waals surface area contributed by atoms with Gasteiger partial charge in [0, 0.05) is 11.3 Å². The zero-order valence-electron chi connectivity index (χ0n) is 11.1. The van der Waals surface area contributed by atoms with E-state index in [1.165, 1.54) is 12.1 Å². The molecule has 0 atom stereocenters. The van der Waals surface area contributed by atoms with E-state index in [-0.39, 0.29) is 27.6 Å². The van der Waals surface area contributed by atoms with Gasteiger partial charge < -0.3 is 11.1 Å². The van der Waals surface area contributed by atoms with Crippen LogP contribution in [0.15, 0.2) is 18.2 Å². The molecular formula is C13H17ClN2O2S. The first-order valence-corrected chi connectivity index (χ1v) is 7.45. The van der Waals surface area contributed by atoms with Crippen LogP contribution in [0.25, 0.3) is 0 Å². The van der Waals surface area contributed by atoms with Crippen molar-refractivity contribution in [3.63, 3.8) is 0 Å². The van der Waals surface area contributed by atoms with E-state index in [2.05, 4.69) is 5.32 Å². The largest absolute Gasteiger partial charge is 0.366 e. The molecule has 1 aromatic rings. The minimum Gasteiger partial charge on any atom is -0.366 e. The Hall–Kier alpha value is -1.20. The van der Waals surface area contributed by atoms with Gasteiger partial charge in [0.25, 0.3) is 11.8 Å². The molecule has 0 aliphatic rings. The number of carbonyl (C=O) groups excluding carboxylic acids is 2. The average molecular weight is 301 g/mol. The van der Waals surface area contributed by atoms with Gasteiger partial charge in [0.2, 0.25) is 0 Å². The maximum atomic E-state index is 12.2. The first-order chi connectivity index (χ1) is 8.78. The van der Waals surface area contributed by atoms with Gasteiger partial charge in [-0.05, 0) is 32.2 Å². The average Bonchev–Trinajstić information content (AvgIpc) is 2.27. The lowest BCUT2D eigenvalue weighted by molar-refractivity contribution is 0.0908. The number of hydrogen-bond acceptors (Lipinski definition) is 3. The van der Waals surface area contributed by atoms with Crippen LogP contribution in [0.2, 0.25) is 5.02 Å². The van der Waals surface area contributed by atoms with Crippen molar-refractivity contribution in [2.24, 2.45) is 5.73 Å². The van der Waals surface area contributed by atoms with Crippen molar-refractivity contribution < 1.29 is 9.59 Å². The van der Waals surface area contributed by atoms with Crippen LogP contribution in [0.3, 0.4) is 0 Å². The predicted octanol–water partition coefficient (Wildman–Crippen LogP) is 2.31. The molecule has 4 nitrogen and oxygen atoms in total. The first-order valence-electron chi connectivity index (χ1n) is 5.68. The number of hydrogen-bond donors (Lipinski definition) is 2. The van der Waals surface area contributed by atoms with E-state index < -0.39 is 5.91 Å². The molecule has 0 aliphatic carbocycles. The molecule has 0 unspecified atom stereocenters. The predicted molar refractivity (Wildman–Crippen MR) is 79.9 cm³/mol. The third-order valence-electron chi connectivity index (χ3n) is 2.46. The smallest absolute Gasteiger partial charge is 0.252 e. The van der Waals surface area contributed by atoms with Crippen molar-refractivity contribution in [3.8, 4) is 0 Å². The summed E-state index contributed by atoms with van der Waals surface area (Å²) in [6, 6.07) is 4.69. The summed E-state index contributed by atoms with van der Waals surface area (Å²) in [6.45, 7) is 3.83. The zero-order chi connectivity index (χ0) is 14.6. The van der Waals surface area contributed by atoms with Crippen LogP contribution in [0.1, 0.15) is 34.6 Å². The number of amides is 2. The van der Waals surface area contributed by atoms with E-state index in [4.69, 9.17) is 17.3 Å². The summed E-state index contributed by atoms with van der Waals surface area (Å²) < 4.78 is 0. The van der Waals surface area contributed by atoms with E-state index in [0.29, 0.717) is 0 Å². The highest BCUT2D eigenvalue weighted by Gasteiger charge is 2.24. The summed E-state index contributed by atoms with van der Waals surface area (Å²) in [5.41, 5.74) is 5.15. The van der Waals surface area contributed by atoms with Crippen LogP contribution in [-0.2, 0) is 0 Å². The van der Waals surface area contributed by atoms with Gasteiger partial charge in [0.15, 0.2) is 0 Å². The molecule has 1 rings (SSSR count). The Morgan fingerprint density at radius 3 is 2.58 bits per heavy atom. The van der Waals surface area contributed by atoms with Crippen molar-refractivity contribution in [1.82, 2.24) is 5.32 Å². The van der Waals surface area contributed by atoms with Crippen molar-refractivity contribution in [3.05, 3.63) is 34.3 Å². The minimum atomic E-state index is -0.710. The quantitative estimate of drug-likeness (QED) is 0.876. The molecule has 0 saturated carbocycles. The molecule has 6 heteroatoms. The molecule has 1 aromatic carbocycles. The van der Waals surface area contributed by atoms with E-state index in [1.807, 2.05) is 20.1 Å². The number of benzene rings is 1. The van der Waals surface area contributed by atoms with Gasteiger partial charge >= 0.3 is 0 Å². The van der Waals surface area contributed by atoms with Crippen LogP contribution < -0.4 is 11.1 Å². The minimum absolute atomic E-state index is 0.0571. The SMILES string of the molecule is CSCC(C)(C)NC(=O)c1cccc(Cl)c1C(N)=O. The number of nitrogens with one attached hydrogen (secondary N) is 1. The fraction of sp³-hybridized carbons (Fsp3) is 0.385. The summed E-state index contributed by atoms with van der Waals surface area (Å²) in [5, 5.41) is 3.05. The zero-order valence-corrected chi connectivity index (χ0v) is 12.7. The third-order valence-corrected chi connectivity index (χ3v) is 3.79. The maximum Gasteiger partial charge on any atom is 0.252 e. The second kappa shape index (κ2) is 6.30. The van der Waals surface area contributed by atoms with Gasteiger partial charge in [0.05, 0.1) is 16.1 Å². The van der Waals surface area contributed by atoms with Gasteiger partial charge in [0.1, 0.15) is 0 Å². The topological polar surface area (TPSA) is 72.2 Å². The highest BCUT2D eigenvalue weighted by atomic mass is 35.5. The first kappa shape index (κ1) is 15.9. The van der Waals surface area contributed by atoms with Gasteiger partial charge in [-0.15, -0.1) is 0 Å². The fourth-order valence-electron chi connectivity index (χ4n) is 1.74. The molecule has 0 bridgehead atoms. The fourth-order valence-corrected chi connectivity index (χ4v) is 2.80. The van der Waals surface area contributed by atoms with Crippen molar-refractivity contribution in [2.75, 3.05) is 12.0 Å². The molecule has 0 saturated heterocycles. The van der Waals surface area contributed by atoms with Gasteiger partial charge in [-0.3, -0.25) is 9.59 Å². The summed E-state index contributed by atoms with van der Waals surface area (Å²) in [5.74, 6) is -0.306. The monoisotopic (exact) mass is 300 g/mol. The molecule has 0 spiro atoms. The summed E-state index contributed by atoms with van der Waals surface area (Å²) >= 11 is 7.54. The molecular weight excluding hydrogens is 284 g/mol. The molecule has 0 fully saturated rings. The molecule has 2 amide bonds. The van der Waals surface area contributed by atoms with Gasteiger partial charge in [-0.25, -0.2) is 0 Å². The van der Waals surface area contributed by atoms with Crippen LogP contribution >= 0.6 is 23.4 Å². The van der Waals surface area contributed by atoms with Crippen molar-refractivity contribution in [1.29, 1.82) is 0 Å². The number of carbonyl (C=O) groups is 2. The van der Waals surface area contributed by atoms with Crippen LogP contribution in [0, 0.1) is 0 Å². The highest BCUT2D eigenvalue weighted by molar-refractivity contribution is 7.98. The second-order valence-electron chi connectivity index (χ2n) is 4.80. The Balaban J connectivity index is 3.07. The number of halogens is 1. The number of thioether (sulfide) groups is 1. The Kier molecular flexibility index (Phi) is 5.26. The summed E-state index contributed by atoms with van der Waals surface area (Å²) in [4.78, 5) is 23.6. The molecule has 104 valence electrons. The molecule has 0 heterocycles. The van der Waals surface area contributed by atoms with Gasteiger partial charge in [-0.1, -0.05) is 17.7 Å². The van der Waals surface area contributed by atoms with E-state index in [1.54, 1.807) is 17.8 Å². The lowest BCUT2D eigenvalue weighted by Crippen LogP contribution is -2.45. The standard InChI is InChI=1S/C13H17ClN2O2S/c1-13(2,7-19-3)16-12(18)8-5-4-6-9(14)10(8)11(15)17/h4-6H,7H2,1-3H3,(H2,15,17)(H,16,18). The number of primary amides is 1. The molecule has 19 heavy (non-hydrogen) atoms. The molecule has 0 radical (unpaired) electrons. The maximum absolute atomic E-state index is 12.2. The Morgan fingerprint density at radius 2 is 2.05 bits per heavy atom. The Bertz CT molecular complexity index is 503. The lowest BCUT2D eigenvalue weighted by atomic mass is 10.0. The summed E-state index contributed by atoms with van der Waals surface area (Å²) in [6.07, 6.45) is 1.96. The van der Waals surface area contributed by atoms with E-state index in [0.717, 1.165) is 5.75 Å². The van der Waals surface area contributed by atoms with Gasteiger partial charge in [-0.2, -0.15) is 11.8 Å². The molecule has 3 N–H and O–H groups in total. The van der Waals surface area contributed by atoms with Crippen LogP contribution in [0.5, 0.6) is 0 Å². The number of nitrogens with two attached hydrogens (primary N) is 1. The van der Waals surface area contributed by atoms with Crippen LogP contribution in [0.4, 0.5) is 0 Å². The normalized spacial score (nSPS) is 11.2. The highest BCUT2D eigenvalue weighted by Crippen LogP contribution is 2.20. The lowest BCUT2D eigenvalue weighted by Gasteiger charge is -2.25. The van der Waals surface area contributed by atoms with Crippen LogP contribution in [-0.4, -0.2) is 29.4 Å². The summed E-state index contributed by atoms with van der Waals surface area (Å²) in [7, 11) is 0. The third kappa shape index (κ3) is 4.14. The van der Waals surface area contributed by atoms with E-state index in [9.17, 15) is 9.59 Å². The molecule has 0 aromatic heterocycles. The molecule has 0 aliphatic heterocycles. The Morgan fingerprint density at radius 1 is 1.42 bits per heavy atom. The second-order valence-corrected chi connectivity index (χ2v) is 6.07. The van der Waals surface area contributed by atoms with E-state index >= 15 is 0 Å².